The molecule has 1 aromatic carbocycles. The second-order valence-corrected chi connectivity index (χ2v) is 7.98. The Balaban J connectivity index is 3.01. The van der Waals surface area contributed by atoms with Crippen molar-refractivity contribution in [3.05, 3.63) is 35.4 Å². The van der Waals surface area contributed by atoms with Crippen LogP contribution >= 0.6 is 0 Å². The minimum absolute atomic E-state index is 0.260. The minimum Gasteiger partial charge on any atom is -0.0605 e. The van der Waals surface area contributed by atoms with Crippen molar-refractivity contribution >= 4 is 0 Å². The Hall–Kier alpha value is -0.0500. The fourth-order valence-corrected chi connectivity index (χ4v) is 1.92. The Labute approximate surface area is 108 Å². The van der Waals surface area contributed by atoms with Crippen LogP contribution in [0.1, 0.15) is 52.2 Å². The summed E-state index contributed by atoms with van der Waals surface area (Å²) in [5.74, 6) is 0. The van der Waals surface area contributed by atoms with E-state index in [2.05, 4.69) is 81.5 Å². The fraction of sp³-hybridized carbons (Fsp3) is 0.571. The first kappa shape index (κ1) is 13.0. The summed E-state index contributed by atoms with van der Waals surface area (Å²) in [5, 5.41) is 0. The van der Waals surface area contributed by atoms with E-state index in [1.807, 2.05) is 0 Å². The molecule has 0 amide bonds. The molecule has 0 spiro atoms. The third-order valence-electron chi connectivity index (χ3n) is 3.04. The van der Waals surface area contributed by atoms with Gasteiger partial charge in [-0.25, -0.2) is 0 Å². The Morgan fingerprint density at radius 3 is 1.67 bits per heavy atom. The van der Waals surface area contributed by atoms with Crippen LogP contribution in [0.5, 0.6) is 0 Å². The van der Waals surface area contributed by atoms with E-state index >= 15 is 0 Å². The Morgan fingerprint density at radius 2 is 1.33 bits per heavy atom. The van der Waals surface area contributed by atoms with Gasteiger partial charge in [-0.3, -0.25) is 0 Å². The average Bonchev–Trinajstić information content (AvgIpc) is 2.17. The van der Waals surface area contributed by atoms with Crippen molar-refractivity contribution in [1.29, 1.82) is 0 Å². The van der Waals surface area contributed by atoms with Gasteiger partial charge in [0.15, 0.2) is 3.42 Å². The van der Waals surface area contributed by atoms with Crippen molar-refractivity contribution < 1.29 is 22.6 Å². The van der Waals surface area contributed by atoms with Crippen LogP contribution in [0.2, 0.25) is 0 Å². The Bertz CT molecular complexity index is 314. The van der Waals surface area contributed by atoms with Gasteiger partial charge in [0.2, 0.25) is 0 Å². The molecule has 1 atom stereocenters. The lowest BCUT2D eigenvalue weighted by Gasteiger charge is -2.20. The second-order valence-electron chi connectivity index (χ2n) is 5.41. The van der Waals surface area contributed by atoms with Gasteiger partial charge in [-0.1, -0.05) is 52.0 Å². The molecule has 0 nitrogen and oxygen atoms in total. The second kappa shape index (κ2) is 4.44. The van der Waals surface area contributed by atoms with Crippen molar-refractivity contribution in [2.75, 3.05) is 0 Å². The van der Waals surface area contributed by atoms with Gasteiger partial charge >= 0.3 is 0 Å². The molecule has 0 radical (unpaired) electrons. The van der Waals surface area contributed by atoms with E-state index in [0.29, 0.717) is 3.42 Å². The molecule has 0 aliphatic carbocycles. The monoisotopic (exact) mass is 317 g/mol. The molecule has 0 aromatic heterocycles. The molecule has 0 heterocycles. The molecule has 1 heteroatoms. The summed E-state index contributed by atoms with van der Waals surface area (Å²) in [7, 11) is 0. The highest BCUT2D eigenvalue weighted by Gasteiger charge is 2.29. The summed E-state index contributed by atoms with van der Waals surface area (Å²) in [5.41, 5.74) is 3.12. The van der Waals surface area contributed by atoms with Gasteiger partial charge in [0.25, 0.3) is 22.6 Å². The third kappa shape index (κ3) is 3.20. The molecule has 84 valence electrons. The molecule has 1 unspecified atom stereocenters. The maximum Gasteiger partial charge on any atom is 0.263 e. The number of hydrogen-bond donors (Lipinski definition) is 0. The summed E-state index contributed by atoms with van der Waals surface area (Å²) in [6.45, 7) is 11.3. The third-order valence-corrected chi connectivity index (χ3v) is 4.53. The molecule has 0 aliphatic heterocycles. The summed E-state index contributed by atoms with van der Waals surface area (Å²) in [6, 6.07) is 9.11. The minimum atomic E-state index is 0.260. The average molecular weight is 317 g/mol. The van der Waals surface area contributed by atoms with E-state index in [9.17, 15) is 0 Å². The molecule has 0 saturated carbocycles. The van der Waals surface area contributed by atoms with Gasteiger partial charge in [-0.2, -0.15) is 0 Å². The molecule has 1 aromatic rings. The first-order valence-corrected chi connectivity index (χ1v) is 6.75. The highest BCUT2D eigenvalue weighted by molar-refractivity contribution is 5.30. The van der Waals surface area contributed by atoms with Gasteiger partial charge in [0.05, 0.1) is 0 Å². The van der Waals surface area contributed by atoms with Crippen LogP contribution in [0.15, 0.2) is 24.3 Å². The van der Waals surface area contributed by atoms with E-state index in [1.165, 1.54) is 17.5 Å². The van der Waals surface area contributed by atoms with Crippen LogP contribution in [0.4, 0.5) is 0 Å². The van der Waals surface area contributed by atoms with E-state index in [0.717, 1.165) is 0 Å². The lowest BCUT2D eigenvalue weighted by atomic mass is 9.85. The highest BCUT2D eigenvalue weighted by atomic mass is 127. The van der Waals surface area contributed by atoms with Gasteiger partial charge < -0.3 is 0 Å². The van der Waals surface area contributed by atoms with Crippen LogP contribution in [0, 0.1) is 0 Å². The van der Waals surface area contributed by atoms with Crippen LogP contribution in [-0.4, -0.2) is 0 Å². The van der Waals surface area contributed by atoms with Gasteiger partial charge in [0, 0.05) is 5.56 Å². The zero-order valence-electron chi connectivity index (χ0n) is 10.4. The SMILES string of the molecule is CCC(C)([IH+])c1ccc(C(C)(C)C)cc1. The van der Waals surface area contributed by atoms with Crippen molar-refractivity contribution in [2.24, 2.45) is 0 Å². The lowest BCUT2D eigenvalue weighted by Crippen LogP contribution is -3.41. The quantitative estimate of drug-likeness (QED) is 0.562. The van der Waals surface area contributed by atoms with Crippen LogP contribution in [-0.2, 0) is 8.84 Å². The molecule has 0 aliphatic rings. The largest absolute Gasteiger partial charge is 0.263 e. The summed E-state index contributed by atoms with van der Waals surface area (Å²) < 4.78 is 0.312. The van der Waals surface area contributed by atoms with Crippen LogP contribution < -0.4 is 22.6 Å². The normalized spacial score (nSPS) is 16.1. The van der Waals surface area contributed by atoms with Gasteiger partial charge in [0.1, 0.15) is 0 Å². The van der Waals surface area contributed by atoms with E-state index in [4.69, 9.17) is 0 Å². The zero-order valence-corrected chi connectivity index (χ0v) is 12.8. The van der Waals surface area contributed by atoms with E-state index in [1.54, 1.807) is 0 Å². The molecule has 0 saturated heterocycles. The predicted molar refractivity (Wildman–Crippen MR) is 64.2 cm³/mol. The standard InChI is InChI=1S/C14H22I/c1-6-14(5,15)12-9-7-11(8-10-12)13(2,3)4/h7-10,15H,6H2,1-5H3/q+1. The van der Waals surface area contributed by atoms with Crippen molar-refractivity contribution in [3.8, 4) is 0 Å². The van der Waals surface area contributed by atoms with Crippen LogP contribution in [0.3, 0.4) is 0 Å². The maximum absolute atomic E-state index is 2.31. The molecular formula is C14H22I+. The molecule has 0 N–H and O–H groups in total. The summed E-state index contributed by atoms with van der Waals surface area (Å²) in [6.07, 6.45) is 1.19. The molecular weight excluding hydrogens is 295 g/mol. The molecule has 0 bridgehead atoms. The number of benzene rings is 1. The highest BCUT2D eigenvalue weighted by Crippen LogP contribution is 2.25. The summed E-state index contributed by atoms with van der Waals surface area (Å²) in [4.78, 5) is 0. The maximum atomic E-state index is 2.31. The van der Waals surface area contributed by atoms with Crippen LogP contribution in [0.25, 0.3) is 0 Å². The molecule has 0 fully saturated rings. The van der Waals surface area contributed by atoms with Crippen molar-refractivity contribution in [1.82, 2.24) is 0 Å². The number of hydrogen-bond acceptors (Lipinski definition) is 0. The fourth-order valence-electron chi connectivity index (χ4n) is 1.53. The van der Waals surface area contributed by atoms with Gasteiger partial charge in [-0.05, 0) is 24.3 Å². The zero-order chi connectivity index (χ0) is 11.7. The Morgan fingerprint density at radius 1 is 0.933 bits per heavy atom. The molecule has 15 heavy (non-hydrogen) atoms. The first-order valence-electron chi connectivity index (χ1n) is 5.59. The van der Waals surface area contributed by atoms with E-state index < -0.39 is 0 Å². The smallest absolute Gasteiger partial charge is 0.0605 e. The topological polar surface area (TPSA) is 0 Å². The van der Waals surface area contributed by atoms with Crippen molar-refractivity contribution in [3.63, 3.8) is 0 Å². The number of alkyl halides is 1. The number of rotatable bonds is 2. The van der Waals surface area contributed by atoms with E-state index in [-0.39, 0.29) is 5.41 Å². The Kier molecular flexibility index (Phi) is 3.85. The lowest BCUT2D eigenvalue weighted by molar-refractivity contribution is -0.482. The van der Waals surface area contributed by atoms with Gasteiger partial charge in [-0.15, -0.1) is 0 Å². The number of halogens is 1. The first-order chi connectivity index (χ1) is 6.77. The summed E-state index contributed by atoms with van der Waals surface area (Å²) >= 11 is 2.23. The predicted octanol–water partition coefficient (Wildman–Crippen LogP) is 0.895. The molecule has 1 rings (SSSR count). The van der Waals surface area contributed by atoms with Crippen molar-refractivity contribution in [2.45, 2.75) is 49.9 Å².